The summed E-state index contributed by atoms with van der Waals surface area (Å²) in [7, 11) is 0. The van der Waals surface area contributed by atoms with Crippen LogP contribution in [0.25, 0.3) is 11.6 Å². The zero-order chi connectivity index (χ0) is 11.6. The zero-order valence-corrected chi connectivity index (χ0v) is 9.47. The average Bonchev–Trinajstić information content (AvgIpc) is 2.80. The summed E-state index contributed by atoms with van der Waals surface area (Å²) in [4.78, 5) is 8.60. The van der Waals surface area contributed by atoms with E-state index in [9.17, 15) is 0 Å². The summed E-state index contributed by atoms with van der Waals surface area (Å²) in [6, 6.07) is 5.63. The molecule has 4 nitrogen and oxygen atoms in total. The summed E-state index contributed by atoms with van der Waals surface area (Å²) in [5.74, 6) is 0.539. The number of oxazole rings is 1. The summed E-state index contributed by atoms with van der Waals surface area (Å²) in [5, 5.41) is 0. The highest BCUT2D eigenvalue weighted by atomic mass is 16.3. The number of nitrogens with zero attached hydrogens (tertiary/aromatic N) is 2. The van der Waals surface area contributed by atoms with Gasteiger partial charge in [-0.05, 0) is 12.1 Å². The van der Waals surface area contributed by atoms with Crippen LogP contribution in [0, 0.1) is 0 Å². The first-order valence-corrected chi connectivity index (χ1v) is 5.21. The molecule has 0 aliphatic rings. The van der Waals surface area contributed by atoms with E-state index < -0.39 is 0 Å². The Labute approximate surface area is 94.5 Å². The zero-order valence-electron chi connectivity index (χ0n) is 9.47. The lowest BCUT2D eigenvalue weighted by molar-refractivity contribution is 0.511. The van der Waals surface area contributed by atoms with Crippen LogP contribution in [0.4, 0.5) is 0 Å². The fourth-order valence-electron chi connectivity index (χ4n) is 1.30. The van der Waals surface area contributed by atoms with Crippen molar-refractivity contribution in [2.45, 2.75) is 19.3 Å². The summed E-state index contributed by atoms with van der Waals surface area (Å²) in [6.45, 7) is 4.60. The molecule has 0 radical (unpaired) electrons. The fraction of sp³-hybridized carbons (Fsp3) is 0.333. The van der Waals surface area contributed by atoms with E-state index in [2.05, 4.69) is 9.97 Å². The molecule has 0 bridgehead atoms. The van der Waals surface area contributed by atoms with Crippen molar-refractivity contribution in [2.24, 2.45) is 5.73 Å². The van der Waals surface area contributed by atoms with Gasteiger partial charge in [0, 0.05) is 18.2 Å². The smallest absolute Gasteiger partial charge is 0.245 e. The van der Waals surface area contributed by atoms with E-state index >= 15 is 0 Å². The van der Waals surface area contributed by atoms with E-state index in [0.717, 1.165) is 11.4 Å². The standard InChI is InChI=1S/C12H15N3O/c1-12(2,8-13)10-7-16-11(15-10)9-5-3-4-6-14-9/h3-7H,8,13H2,1-2H3. The van der Waals surface area contributed by atoms with Crippen LogP contribution in [0.15, 0.2) is 35.1 Å². The first-order valence-electron chi connectivity index (χ1n) is 5.21. The lowest BCUT2D eigenvalue weighted by atomic mass is 9.90. The molecule has 0 atom stereocenters. The summed E-state index contributed by atoms with van der Waals surface area (Å²) in [6.07, 6.45) is 3.37. The van der Waals surface area contributed by atoms with Gasteiger partial charge in [0.25, 0.3) is 0 Å². The van der Waals surface area contributed by atoms with E-state index in [1.165, 1.54) is 0 Å². The molecule has 0 aliphatic carbocycles. The quantitative estimate of drug-likeness (QED) is 0.853. The monoisotopic (exact) mass is 217 g/mol. The molecule has 0 aliphatic heterocycles. The highest BCUT2D eigenvalue weighted by Crippen LogP contribution is 2.24. The largest absolute Gasteiger partial charge is 0.443 e. The lowest BCUT2D eigenvalue weighted by Crippen LogP contribution is -2.28. The second-order valence-electron chi connectivity index (χ2n) is 4.34. The summed E-state index contributed by atoms with van der Waals surface area (Å²) >= 11 is 0. The Morgan fingerprint density at radius 3 is 2.81 bits per heavy atom. The SMILES string of the molecule is CC(C)(CN)c1coc(-c2ccccn2)n1. The van der Waals surface area contributed by atoms with Crippen LogP contribution < -0.4 is 5.73 Å². The fourth-order valence-corrected chi connectivity index (χ4v) is 1.30. The first kappa shape index (κ1) is 10.8. The van der Waals surface area contributed by atoms with Crippen molar-refractivity contribution in [3.05, 3.63) is 36.4 Å². The molecule has 0 saturated heterocycles. The lowest BCUT2D eigenvalue weighted by Gasteiger charge is -2.18. The maximum atomic E-state index is 5.69. The molecule has 4 heteroatoms. The molecule has 0 aromatic carbocycles. The molecule has 2 aromatic heterocycles. The van der Waals surface area contributed by atoms with Crippen molar-refractivity contribution in [3.8, 4) is 11.6 Å². The molecule has 0 spiro atoms. The van der Waals surface area contributed by atoms with Crippen molar-refractivity contribution in [3.63, 3.8) is 0 Å². The van der Waals surface area contributed by atoms with Crippen LogP contribution >= 0.6 is 0 Å². The molecule has 84 valence electrons. The molecule has 2 aromatic rings. The minimum atomic E-state index is -0.170. The molecular formula is C12H15N3O. The Balaban J connectivity index is 2.34. The highest BCUT2D eigenvalue weighted by molar-refractivity contribution is 5.46. The van der Waals surface area contributed by atoms with E-state index in [1.807, 2.05) is 32.0 Å². The molecule has 2 rings (SSSR count). The third kappa shape index (κ3) is 1.97. The van der Waals surface area contributed by atoms with Gasteiger partial charge in [0.2, 0.25) is 5.89 Å². The average molecular weight is 217 g/mol. The molecule has 0 fully saturated rings. The molecule has 0 unspecified atom stereocenters. The first-order chi connectivity index (χ1) is 7.63. The van der Waals surface area contributed by atoms with Crippen molar-refractivity contribution in [1.82, 2.24) is 9.97 Å². The van der Waals surface area contributed by atoms with Gasteiger partial charge in [0.05, 0.1) is 5.69 Å². The van der Waals surface area contributed by atoms with Crippen LogP contribution in [0.3, 0.4) is 0 Å². The van der Waals surface area contributed by atoms with Crippen LogP contribution in [0.2, 0.25) is 0 Å². The van der Waals surface area contributed by atoms with Crippen LogP contribution in [-0.2, 0) is 5.41 Å². The topological polar surface area (TPSA) is 64.9 Å². The normalized spacial score (nSPS) is 11.7. The Hall–Kier alpha value is -1.68. The van der Waals surface area contributed by atoms with Gasteiger partial charge >= 0.3 is 0 Å². The minimum Gasteiger partial charge on any atom is -0.443 e. The van der Waals surface area contributed by atoms with E-state index in [1.54, 1.807) is 12.5 Å². The van der Waals surface area contributed by atoms with E-state index in [-0.39, 0.29) is 5.41 Å². The minimum absolute atomic E-state index is 0.170. The van der Waals surface area contributed by atoms with Crippen LogP contribution in [-0.4, -0.2) is 16.5 Å². The molecule has 2 heterocycles. The summed E-state index contributed by atoms with van der Waals surface area (Å²) < 4.78 is 5.41. The summed E-state index contributed by atoms with van der Waals surface area (Å²) in [5.41, 5.74) is 7.11. The predicted octanol–water partition coefficient (Wildman–Crippen LogP) is 1.97. The third-order valence-corrected chi connectivity index (χ3v) is 2.59. The van der Waals surface area contributed by atoms with Gasteiger partial charge in [0.1, 0.15) is 12.0 Å². The number of aromatic nitrogens is 2. The van der Waals surface area contributed by atoms with Gasteiger partial charge in [-0.15, -0.1) is 0 Å². The molecule has 2 N–H and O–H groups in total. The van der Waals surface area contributed by atoms with Crippen molar-refractivity contribution in [1.29, 1.82) is 0 Å². The Morgan fingerprint density at radius 1 is 1.38 bits per heavy atom. The van der Waals surface area contributed by atoms with Crippen molar-refractivity contribution >= 4 is 0 Å². The van der Waals surface area contributed by atoms with Crippen molar-refractivity contribution in [2.75, 3.05) is 6.54 Å². The maximum absolute atomic E-state index is 5.69. The number of pyridine rings is 1. The molecular weight excluding hydrogens is 202 g/mol. The second kappa shape index (κ2) is 4.06. The van der Waals surface area contributed by atoms with Crippen molar-refractivity contribution < 1.29 is 4.42 Å². The Kier molecular flexibility index (Phi) is 2.75. The van der Waals surface area contributed by atoms with Gasteiger partial charge in [-0.25, -0.2) is 4.98 Å². The predicted molar refractivity (Wildman–Crippen MR) is 61.8 cm³/mol. The van der Waals surface area contributed by atoms with Crippen LogP contribution in [0.1, 0.15) is 19.5 Å². The van der Waals surface area contributed by atoms with Gasteiger partial charge in [-0.3, -0.25) is 4.98 Å². The second-order valence-corrected chi connectivity index (χ2v) is 4.34. The van der Waals surface area contributed by atoms with Gasteiger partial charge in [-0.2, -0.15) is 0 Å². The van der Waals surface area contributed by atoms with Gasteiger partial charge in [-0.1, -0.05) is 19.9 Å². The van der Waals surface area contributed by atoms with E-state index in [0.29, 0.717) is 12.4 Å². The molecule has 0 saturated carbocycles. The van der Waals surface area contributed by atoms with Crippen LogP contribution in [0.5, 0.6) is 0 Å². The Morgan fingerprint density at radius 2 is 2.19 bits per heavy atom. The highest BCUT2D eigenvalue weighted by Gasteiger charge is 2.23. The molecule has 16 heavy (non-hydrogen) atoms. The van der Waals surface area contributed by atoms with Gasteiger partial charge in [0.15, 0.2) is 0 Å². The number of nitrogens with two attached hydrogens (primary N) is 1. The van der Waals surface area contributed by atoms with E-state index in [4.69, 9.17) is 10.2 Å². The van der Waals surface area contributed by atoms with Gasteiger partial charge < -0.3 is 10.2 Å². The maximum Gasteiger partial charge on any atom is 0.245 e. The number of hydrogen-bond acceptors (Lipinski definition) is 4. The third-order valence-electron chi connectivity index (χ3n) is 2.59. The number of rotatable bonds is 3. The Bertz CT molecular complexity index is 462. The molecule has 0 amide bonds. The number of hydrogen-bond donors (Lipinski definition) is 1.